The molecule has 0 bridgehead atoms. The summed E-state index contributed by atoms with van der Waals surface area (Å²) in [5.41, 5.74) is 3.78. The molecule has 2 aromatic carbocycles. The first-order valence-electron chi connectivity index (χ1n) is 7.85. The molecule has 0 saturated carbocycles. The second kappa shape index (κ2) is 7.03. The van der Waals surface area contributed by atoms with Crippen LogP contribution < -0.4 is 5.32 Å². The maximum absolute atomic E-state index is 12.6. The fourth-order valence-corrected chi connectivity index (χ4v) is 3.42. The Bertz CT molecular complexity index is 895. The second-order valence-electron chi connectivity index (χ2n) is 5.81. The molecule has 0 radical (unpaired) electrons. The summed E-state index contributed by atoms with van der Waals surface area (Å²) in [6, 6.07) is 13.0. The Kier molecular flexibility index (Phi) is 4.81. The summed E-state index contributed by atoms with van der Waals surface area (Å²) in [7, 11) is 0. The number of nitrogens with one attached hydrogen (secondary N) is 1. The predicted molar refractivity (Wildman–Crippen MR) is 98.7 cm³/mol. The van der Waals surface area contributed by atoms with E-state index in [1.165, 1.54) is 23.8 Å². The third-order valence-electron chi connectivity index (χ3n) is 3.86. The lowest BCUT2D eigenvalue weighted by Crippen LogP contribution is -2.25. The van der Waals surface area contributed by atoms with Crippen molar-refractivity contribution in [2.75, 3.05) is 5.32 Å². The van der Waals surface area contributed by atoms with Gasteiger partial charge in [0.15, 0.2) is 5.13 Å². The fourth-order valence-electron chi connectivity index (χ4n) is 2.47. The number of hydrogen-bond donors (Lipinski definition) is 1. The molecule has 0 spiro atoms. The Labute approximate surface area is 149 Å². The highest BCUT2D eigenvalue weighted by Gasteiger charge is 2.24. The van der Waals surface area contributed by atoms with Crippen molar-refractivity contribution >= 4 is 38.6 Å². The van der Waals surface area contributed by atoms with E-state index < -0.39 is 18.0 Å². The number of benzene rings is 2. The summed E-state index contributed by atoms with van der Waals surface area (Å²) in [5.74, 6) is -0.937. The summed E-state index contributed by atoms with van der Waals surface area (Å²) >= 11 is 1.40. The zero-order chi connectivity index (χ0) is 18.0. The molecule has 6 heteroatoms. The van der Waals surface area contributed by atoms with Crippen molar-refractivity contribution in [1.82, 2.24) is 4.98 Å². The Morgan fingerprint density at radius 1 is 1.12 bits per heavy atom. The van der Waals surface area contributed by atoms with Crippen molar-refractivity contribution in [1.29, 1.82) is 0 Å². The van der Waals surface area contributed by atoms with E-state index in [1.807, 2.05) is 26.0 Å². The molecule has 1 amide bonds. The van der Waals surface area contributed by atoms with Crippen LogP contribution in [0.3, 0.4) is 0 Å². The van der Waals surface area contributed by atoms with Gasteiger partial charge < -0.3 is 4.74 Å². The monoisotopic (exact) mass is 354 g/mol. The Hall–Kier alpha value is -2.73. The molecule has 0 aliphatic rings. The number of carbonyl (C=O) groups is 2. The normalized spacial score (nSPS) is 12.0. The summed E-state index contributed by atoms with van der Waals surface area (Å²) in [5, 5.41) is 3.25. The van der Waals surface area contributed by atoms with Crippen LogP contribution in [0.4, 0.5) is 5.13 Å². The van der Waals surface area contributed by atoms with Gasteiger partial charge >= 0.3 is 5.97 Å². The number of nitrogens with zero attached hydrogens (tertiary/aromatic N) is 1. The Morgan fingerprint density at radius 3 is 2.48 bits per heavy atom. The Balaban J connectivity index is 1.87. The number of anilines is 1. The van der Waals surface area contributed by atoms with Crippen LogP contribution in [0, 0.1) is 13.8 Å². The fraction of sp³-hybridized carbons (Fsp3) is 0.211. The van der Waals surface area contributed by atoms with E-state index in [1.54, 1.807) is 24.3 Å². The third kappa shape index (κ3) is 3.85. The van der Waals surface area contributed by atoms with Crippen molar-refractivity contribution in [3.05, 3.63) is 59.2 Å². The van der Waals surface area contributed by atoms with Crippen molar-refractivity contribution in [3.8, 4) is 0 Å². The molecule has 0 aliphatic heterocycles. The van der Waals surface area contributed by atoms with Crippen LogP contribution >= 0.6 is 11.3 Å². The van der Waals surface area contributed by atoms with Gasteiger partial charge in [0.25, 0.3) is 5.91 Å². The lowest BCUT2D eigenvalue weighted by Gasteiger charge is -2.16. The topological polar surface area (TPSA) is 68.3 Å². The van der Waals surface area contributed by atoms with Gasteiger partial charge in [0.1, 0.15) is 0 Å². The number of thiazole rings is 1. The summed E-state index contributed by atoms with van der Waals surface area (Å²) in [6.07, 6.45) is -1.01. The minimum atomic E-state index is -1.01. The van der Waals surface area contributed by atoms with E-state index in [9.17, 15) is 9.59 Å². The van der Waals surface area contributed by atoms with Gasteiger partial charge in [0, 0.05) is 12.5 Å². The van der Waals surface area contributed by atoms with Gasteiger partial charge in [-0.15, -0.1) is 0 Å². The maximum Gasteiger partial charge on any atom is 0.303 e. The standard InChI is InChI=1S/C19H18N2O3S/c1-11-9-15-16(10-12(11)2)25-19(20-15)21-18(23)17(24-13(3)22)14-7-5-4-6-8-14/h4-10,17H,1-3H3,(H,20,21,23). The number of aryl methyl sites for hydroxylation is 2. The van der Waals surface area contributed by atoms with Gasteiger partial charge in [-0.2, -0.15) is 0 Å². The summed E-state index contributed by atoms with van der Waals surface area (Å²) in [6.45, 7) is 5.35. The molecule has 0 aliphatic carbocycles. The lowest BCUT2D eigenvalue weighted by atomic mass is 10.1. The first kappa shape index (κ1) is 17.1. The molecular formula is C19H18N2O3S. The van der Waals surface area contributed by atoms with Gasteiger partial charge in [-0.3, -0.25) is 14.9 Å². The summed E-state index contributed by atoms with van der Waals surface area (Å²) in [4.78, 5) is 28.5. The molecule has 3 aromatic rings. The number of ether oxygens (including phenoxy) is 1. The minimum absolute atomic E-state index is 0.422. The van der Waals surface area contributed by atoms with Crippen LogP contribution in [0.5, 0.6) is 0 Å². The van der Waals surface area contributed by atoms with E-state index in [0.717, 1.165) is 15.8 Å². The van der Waals surface area contributed by atoms with Gasteiger partial charge in [-0.25, -0.2) is 4.98 Å². The van der Waals surface area contributed by atoms with Crippen molar-refractivity contribution in [2.24, 2.45) is 0 Å². The smallest absolute Gasteiger partial charge is 0.303 e. The molecule has 0 fully saturated rings. The Morgan fingerprint density at radius 2 is 1.80 bits per heavy atom. The highest BCUT2D eigenvalue weighted by molar-refractivity contribution is 7.22. The van der Waals surface area contributed by atoms with Crippen LogP contribution in [0.15, 0.2) is 42.5 Å². The van der Waals surface area contributed by atoms with Crippen molar-refractivity contribution < 1.29 is 14.3 Å². The number of amides is 1. The quantitative estimate of drug-likeness (QED) is 0.715. The van der Waals surface area contributed by atoms with Crippen LogP contribution in [-0.4, -0.2) is 16.9 Å². The molecule has 1 heterocycles. The van der Waals surface area contributed by atoms with E-state index in [4.69, 9.17) is 4.74 Å². The van der Waals surface area contributed by atoms with Gasteiger partial charge in [0.2, 0.25) is 6.10 Å². The first-order chi connectivity index (χ1) is 11.9. The van der Waals surface area contributed by atoms with Crippen molar-refractivity contribution in [2.45, 2.75) is 26.9 Å². The number of carbonyl (C=O) groups excluding carboxylic acids is 2. The zero-order valence-corrected chi connectivity index (χ0v) is 15.0. The van der Waals surface area contributed by atoms with Crippen LogP contribution in [0.2, 0.25) is 0 Å². The highest BCUT2D eigenvalue weighted by atomic mass is 32.1. The van der Waals surface area contributed by atoms with E-state index in [-0.39, 0.29) is 0 Å². The number of aromatic nitrogens is 1. The molecule has 1 aromatic heterocycles. The van der Waals surface area contributed by atoms with Crippen molar-refractivity contribution in [3.63, 3.8) is 0 Å². The molecule has 5 nitrogen and oxygen atoms in total. The lowest BCUT2D eigenvalue weighted by molar-refractivity contribution is -0.152. The predicted octanol–water partition coefficient (Wildman–Crippen LogP) is 4.16. The molecule has 128 valence electrons. The van der Waals surface area contributed by atoms with E-state index in [0.29, 0.717) is 10.7 Å². The number of rotatable bonds is 4. The average Bonchev–Trinajstić information content (AvgIpc) is 2.94. The van der Waals surface area contributed by atoms with Gasteiger partial charge in [-0.1, -0.05) is 41.7 Å². The minimum Gasteiger partial charge on any atom is -0.447 e. The van der Waals surface area contributed by atoms with E-state index in [2.05, 4.69) is 16.4 Å². The molecule has 25 heavy (non-hydrogen) atoms. The SMILES string of the molecule is CC(=O)OC(C(=O)Nc1nc2cc(C)c(C)cc2s1)c1ccccc1. The second-order valence-corrected chi connectivity index (χ2v) is 6.84. The number of hydrogen-bond acceptors (Lipinski definition) is 5. The number of esters is 1. The maximum atomic E-state index is 12.6. The third-order valence-corrected chi connectivity index (χ3v) is 4.79. The van der Waals surface area contributed by atoms with Crippen LogP contribution in [0.25, 0.3) is 10.2 Å². The zero-order valence-electron chi connectivity index (χ0n) is 14.2. The molecule has 0 saturated heterocycles. The van der Waals surface area contributed by atoms with Gasteiger partial charge in [0.05, 0.1) is 10.2 Å². The van der Waals surface area contributed by atoms with Gasteiger partial charge in [-0.05, 0) is 37.1 Å². The molecule has 1 unspecified atom stereocenters. The average molecular weight is 354 g/mol. The largest absolute Gasteiger partial charge is 0.447 e. The molecule has 1 atom stereocenters. The van der Waals surface area contributed by atoms with Crippen LogP contribution in [0.1, 0.15) is 29.7 Å². The number of fused-ring (bicyclic) bond motifs is 1. The summed E-state index contributed by atoms with van der Waals surface area (Å²) < 4.78 is 6.21. The molecule has 1 N–H and O–H groups in total. The molecular weight excluding hydrogens is 336 g/mol. The first-order valence-corrected chi connectivity index (χ1v) is 8.66. The van der Waals surface area contributed by atoms with E-state index >= 15 is 0 Å². The highest BCUT2D eigenvalue weighted by Crippen LogP contribution is 2.29. The molecule has 3 rings (SSSR count). The van der Waals surface area contributed by atoms with Crippen LogP contribution in [-0.2, 0) is 14.3 Å².